The highest BCUT2D eigenvalue weighted by Gasteiger charge is 2.21. The smallest absolute Gasteiger partial charge is 0.387 e. The SMILES string of the molecule is O=C(N[C@@H](Cc1ccccc1)C(=O)O)c1cccc(OC(F)F)c1. The Morgan fingerprint density at radius 2 is 1.79 bits per heavy atom. The predicted octanol–water partition coefficient (Wildman–Crippen LogP) is 2.71. The summed E-state index contributed by atoms with van der Waals surface area (Å²) in [6.45, 7) is -3.01. The number of aliphatic carboxylic acids is 1. The molecule has 5 nitrogen and oxygen atoms in total. The Morgan fingerprint density at radius 1 is 1.08 bits per heavy atom. The minimum atomic E-state index is -3.01. The topological polar surface area (TPSA) is 75.6 Å². The number of hydrogen-bond acceptors (Lipinski definition) is 3. The van der Waals surface area contributed by atoms with Crippen LogP contribution in [0.4, 0.5) is 8.78 Å². The fourth-order valence-corrected chi connectivity index (χ4v) is 2.10. The number of carbonyl (C=O) groups excluding carboxylic acids is 1. The molecule has 0 saturated carbocycles. The molecule has 0 aliphatic heterocycles. The Bertz CT molecular complexity index is 707. The zero-order chi connectivity index (χ0) is 17.5. The van der Waals surface area contributed by atoms with E-state index in [4.69, 9.17) is 0 Å². The number of hydrogen-bond donors (Lipinski definition) is 2. The summed E-state index contributed by atoms with van der Waals surface area (Å²) in [5.41, 5.74) is 0.785. The number of amides is 1. The second-order valence-corrected chi connectivity index (χ2v) is 4.96. The van der Waals surface area contributed by atoms with Gasteiger partial charge in [-0.2, -0.15) is 8.78 Å². The van der Waals surface area contributed by atoms with Gasteiger partial charge in [0.1, 0.15) is 11.8 Å². The van der Waals surface area contributed by atoms with Gasteiger partial charge in [-0.25, -0.2) is 4.79 Å². The minimum Gasteiger partial charge on any atom is -0.480 e. The van der Waals surface area contributed by atoms with Crippen LogP contribution < -0.4 is 10.1 Å². The Hall–Kier alpha value is -2.96. The maximum atomic E-state index is 12.2. The second kappa shape index (κ2) is 8.05. The number of rotatable bonds is 7. The van der Waals surface area contributed by atoms with Crippen molar-refractivity contribution in [2.24, 2.45) is 0 Å². The number of halogens is 2. The van der Waals surface area contributed by atoms with Crippen LogP contribution in [0.5, 0.6) is 5.75 Å². The van der Waals surface area contributed by atoms with E-state index in [2.05, 4.69) is 10.1 Å². The summed E-state index contributed by atoms with van der Waals surface area (Å²) in [6.07, 6.45) is 0.106. The van der Waals surface area contributed by atoms with E-state index in [-0.39, 0.29) is 17.7 Å². The molecule has 1 atom stereocenters. The standard InChI is InChI=1S/C17H15F2NO4/c18-17(19)24-13-8-4-7-12(10-13)15(21)20-14(16(22)23)9-11-5-2-1-3-6-11/h1-8,10,14,17H,9H2,(H,20,21)(H,22,23)/t14-/m0/s1. The Morgan fingerprint density at radius 3 is 2.42 bits per heavy atom. The van der Waals surface area contributed by atoms with Crippen LogP contribution in [0.3, 0.4) is 0 Å². The van der Waals surface area contributed by atoms with Gasteiger partial charge in [0, 0.05) is 12.0 Å². The van der Waals surface area contributed by atoms with Gasteiger partial charge in [-0.3, -0.25) is 4.79 Å². The first-order valence-corrected chi connectivity index (χ1v) is 7.08. The molecule has 0 spiro atoms. The molecule has 7 heteroatoms. The van der Waals surface area contributed by atoms with Crippen molar-refractivity contribution < 1.29 is 28.2 Å². The van der Waals surface area contributed by atoms with Crippen molar-refractivity contribution in [3.05, 3.63) is 65.7 Å². The van der Waals surface area contributed by atoms with E-state index < -0.39 is 24.5 Å². The fraction of sp³-hybridized carbons (Fsp3) is 0.176. The lowest BCUT2D eigenvalue weighted by Gasteiger charge is -2.15. The van der Waals surface area contributed by atoms with Crippen molar-refractivity contribution in [3.8, 4) is 5.75 Å². The third-order valence-electron chi connectivity index (χ3n) is 3.21. The average Bonchev–Trinajstić information content (AvgIpc) is 2.54. The molecule has 0 heterocycles. The highest BCUT2D eigenvalue weighted by Crippen LogP contribution is 2.16. The quantitative estimate of drug-likeness (QED) is 0.816. The molecule has 0 aromatic heterocycles. The highest BCUT2D eigenvalue weighted by atomic mass is 19.3. The molecule has 1 amide bonds. The van der Waals surface area contributed by atoms with E-state index in [0.29, 0.717) is 0 Å². The summed E-state index contributed by atoms with van der Waals surface area (Å²) >= 11 is 0. The van der Waals surface area contributed by atoms with Crippen molar-refractivity contribution in [2.75, 3.05) is 0 Å². The van der Waals surface area contributed by atoms with Crippen molar-refractivity contribution in [3.63, 3.8) is 0 Å². The number of alkyl halides is 2. The fourth-order valence-electron chi connectivity index (χ4n) is 2.10. The average molecular weight is 335 g/mol. The number of benzene rings is 2. The van der Waals surface area contributed by atoms with Gasteiger partial charge in [0.15, 0.2) is 0 Å². The first-order chi connectivity index (χ1) is 11.5. The Labute approximate surface area is 136 Å². The van der Waals surface area contributed by atoms with E-state index in [1.165, 1.54) is 18.2 Å². The molecule has 0 unspecified atom stereocenters. The molecule has 0 aliphatic rings. The van der Waals surface area contributed by atoms with Gasteiger partial charge < -0.3 is 15.2 Å². The number of nitrogens with one attached hydrogen (secondary N) is 1. The Balaban J connectivity index is 2.09. The van der Waals surface area contributed by atoms with Crippen molar-refractivity contribution in [1.82, 2.24) is 5.32 Å². The summed E-state index contributed by atoms with van der Waals surface area (Å²) in [6, 6.07) is 12.9. The van der Waals surface area contributed by atoms with Gasteiger partial charge in [-0.1, -0.05) is 36.4 Å². The third-order valence-corrected chi connectivity index (χ3v) is 3.21. The summed E-state index contributed by atoms with van der Waals surface area (Å²) in [7, 11) is 0. The van der Waals surface area contributed by atoms with E-state index in [1.54, 1.807) is 30.3 Å². The van der Waals surface area contributed by atoms with E-state index in [0.717, 1.165) is 11.6 Å². The molecule has 24 heavy (non-hydrogen) atoms. The molecule has 126 valence electrons. The number of carboxylic acid groups (broad SMARTS) is 1. The number of ether oxygens (including phenoxy) is 1. The molecule has 2 N–H and O–H groups in total. The third kappa shape index (κ3) is 5.05. The summed E-state index contributed by atoms with van der Waals surface area (Å²) in [4.78, 5) is 23.5. The van der Waals surface area contributed by atoms with Crippen LogP contribution in [0.25, 0.3) is 0 Å². The lowest BCUT2D eigenvalue weighted by atomic mass is 10.1. The van der Waals surface area contributed by atoms with Crippen molar-refractivity contribution in [1.29, 1.82) is 0 Å². The minimum absolute atomic E-state index is 0.0347. The maximum Gasteiger partial charge on any atom is 0.387 e. The molecule has 2 aromatic carbocycles. The van der Waals surface area contributed by atoms with Gasteiger partial charge in [-0.05, 0) is 23.8 Å². The van der Waals surface area contributed by atoms with Crippen LogP contribution in [-0.2, 0) is 11.2 Å². The lowest BCUT2D eigenvalue weighted by Crippen LogP contribution is -2.42. The molecule has 2 rings (SSSR count). The normalized spacial score (nSPS) is 11.8. The molecule has 0 radical (unpaired) electrons. The van der Waals surface area contributed by atoms with Crippen LogP contribution >= 0.6 is 0 Å². The van der Waals surface area contributed by atoms with Gasteiger partial charge in [-0.15, -0.1) is 0 Å². The highest BCUT2D eigenvalue weighted by molar-refractivity contribution is 5.96. The van der Waals surface area contributed by atoms with Crippen LogP contribution in [0, 0.1) is 0 Å². The van der Waals surface area contributed by atoms with Crippen LogP contribution in [0.2, 0.25) is 0 Å². The first-order valence-electron chi connectivity index (χ1n) is 7.08. The zero-order valence-electron chi connectivity index (χ0n) is 12.5. The van der Waals surface area contributed by atoms with Gasteiger partial charge in [0.05, 0.1) is 0 Å². The largest absolute Gasteiger partial charge is 0.480 e. The van der Waals surface area contributed by atoms with Gasteiger partial charge in [0.2, 0.25) is 0 Å². The Kier molecular flexibility index (Phi) is 5.83. The second-order valence-electron chi connectivity index (χ2n) is 4.96. The predicted molar refractivity (Wildman–Crippen MR) is 82.1 cm³/mol. The van der Waals surface area contributed by atoms with Gasteiger partial charge >= 0.3 is 12.6 Å². The van der Waals surface area contributed by atoms with Crippen LogP contribution in [-0.4, -0.2) is 29.6 Å². The molecule has 0 fully saturated rings. The van der Waals surface area contributed by atoms with Crippen molar-refractivity contribution in [2.45, 2.75) is 19.1 Å². The van der Waals surface area contributed by atoms with Crippen LogP contribution in [0.15, 0.2) is 54.6 Å². The molecule has 0 saturated heterocycles. The molecule has 0 bridgehead atoms. The van der Waals surface area contributed by atoms with Crippen LogP contribution in [0.1, 0.15) is 15.9 Å². The molecular formula is C17H15F2NO4. The maximum absolute atomic E-state index is 12.2. The van der Waals surface area contributed by atoms with Gasteiger partial charge in [0.25, 0.3) is 5.91 Å². The number of carboxylic acids is 1. The van der Waals surface area contributed by atoms with E-state index in [1.807, 2.05) is 0 Å². The lowest BCUT2D eigenvalue weighted by molar-refractivity contribution is -0.139. The van der Waals surface area contributed by atoms with E-state index >= 15 is 0 Å². The molecule has 2 aromatic rings. The summed E-state index contributed by atoms with van der Waals surface area (Å²) in [5.74, 6) is -2.04. The van der Waals surface area contributed by atoms with Crippen molar-refractivity contribution >= 4 is 11.9 Å². The summed E-state index contributed by atoms with van der Waals surface area (Å²) < 4.78 is 28.6. The number of carbonyl (C=O) groups is 2. The monoisotopic (exact) mass is 335 g/mol. The zero-order valence-corrected chi connectivity index (χ0v) is 12.5. The molecule has 0 aliphatic carbocycles. The summed E-state index contributed by atoms with van der Waals surface area (Å²) in [5, 5.41) is 11.6. The van der Waals surface area contributed by atoms with E-state index in [9.17, 15) is 23.5 Å². The first kappa shape index (κ1) is 17.4. The molecular weight excluding hydrogens is 320 g/mol.